The minimum atomic E-state index is -0.789. The van der Waals surface area contributed by atoms with Gasteiger partial charge in [0.1, 0.15) is 7.13 Å². The van der Waals surface area contributed by atoms with Gasteiger partial charge in [-0.05, 0) is 28.9 Å². The fraction of sp³-hybridized carbons (Fsp3) is 0.867. The van der Waals surface area contributed by atoms with Gasteiger partial charge in [-0.25, -0.2) is 0 Å². The van der Waals surface area contributed by atoms with E-state index in [1.807, 2.05) is 0 Å². The third-order valence-corrected chi connectivity index (χ3v) is 3.23. The maximum Gasteiger partial charge on any atom is 0.305 e. The summed E-state index contributed by atoms with van der Waals surface area (Å²) in [4.78, 5) is 23.0. The lowest BCUT2D eigenvalue weighted by molar-refractivity contribution is -0.145. The maximum absolute atomic E-state index is 11.5. The summed E-state index contributed by atoms with van der Waals surface area (Å²) in [6.45, 7) is 4.50. The molecule has 4 nitrogen and oxygen atoms in total. The highest BCUT2D eigenvalue weighted by Crippen LogP contribution is 2.08. The van der Waals surface area contributed by atoms with Crippen LogP contribution in [0.1, 0.15) is 71.6 Å². The number of carbonyl (C=O) groups is 2. The molecule has 0 fully saturated rings. The molecule has 6 heteroatoms. The molecule has 0 aliphatic rings. The normalized spacial score (nSPS) is 12.9. The summed E-state index contributed by atoms with van der Waals surface area (Å²) >= 11 is 0. The molecule has 1 radical (unpaired) electrons. The second-order valence-corrected chi connectivity index (χ2v) is 5.36. The molecule has 0 rings (SSSR count). The monoisotopic (exact) mass is 298 g/mol. The van der Waals surface area contributed by atoms with Crippen LogP contribution >= 0.6 is 0 Å². The fourth-order valence-electron chi connectivity index (χ4n) is 1.88. The van der Waals surface area contributed by atoms with E-state index < -0.39 is 13.1 Å². The molecule has 0 saturated heterocycles. The Bertz CT molecular complexity index is 336. The minimum Gasteiger partial charge on any atom is -0.473 e. The van der Waals surface area contributed by atoms with E-state index in [9.17, 15) is 9.59 Å². The van der Waals surface area contributed by atoms with Crippen LogP contribution in [0.5, 0.6) is 0 Å². The van der Waals surface area contributed by atoms with Gasteiger partial charge in [0.15, 0.2) is 0 Å². The van der Waals surface area contributed by atoms with Crippen molar-refractivity contribution in [3.05, 3.63) is 0 Å². The summed E-state index contributed by atoms with van der Waals surface area (Å²) in [5.41, 5.74) is 0. The molecule has 1 unspecified atom stereocenters. The standard InChI is InChI=1S/C15H30B2NO3/c1-3-4-12-18-14(19)10-8-6-5-7-9-11-15(20)21-13(2)17-16/h13,16-17H,3-12H2,1-2H3,(H,18,19)/i16T,17T. The Morgan fingerprint density at radius 2 is 1.90 bits per heavy atom. The van der Waals surface area contributed by atoms with Crippen LogP contribution in [-0.4, -0.2) is 41.9 Å². The van der Waals surface area contributed by atoms with E-state index >= 15 is 0 Å². The highest BCUT2D eigenvalue weighted by molar-refractivity contribution is 6.90. The number of hydrogen-bond donors (Lipinski definition) is 1. The predicted molar refractivity (Wildman–Crippen MR) is 90.1 cm³/mol. The van der Waals surface area contributed by atoms with Crippen molar-refractivity contribution in [2.75, 3.05) is 6.54 Å². The third-order valence-electron chi connectivity index (χ3n) is 3.23. The first kappa shape index (κ1) is 16.4. The van der Waals surface area contributed by atoms with Crippen LogP contribution in [0.2, 0.25) is 0 Å². The maximum atomic E-state index is 11.5. The van der Waals surface area contributed by atoms with Crippen LogP contribution in [0, 0.1) is 0 Å². The van der Waals surface area contributed by atoms with E-state index in [2.05, 4.69) is 12.2 Å². The molecule has 0 spiro atoms. The topological polar surface area (TPSA) is 55.4 Å². The molecule has 1 N–H and O–H groups in total. The molecule has 1 atom stereocenters. The van der Waals surface area contributed by atoms with Gasteiger partial charge in [0.05, 0.1) is 13.7 Å². The summed E-state index contributed by atoms with van der Waals surface area (Å²) in [6, 6.07) is -0.564. The summed E-state index contributed by atoms with van der Waals surface area (Å²) in [5.74, 6) is -0.168. The zero-order valence-electron chi connectivity index (χ0n) is 15.5. The smallest absolute Gasteiger partial charge is 0.305 e. The first-order valence-corrected chi connectivity index (χ1v) is 8.11. The number of carbonyl (C=O) groups excluding carboxylic acids is 2. The Hall–Kier alpha value is -0.930. The molecule has 119 valence electrons. The molecule has 0 aliphatic heterocycles. The first-order valence-electron chi connectivity index (χ1n) is 9.26. The summed E-state index contributed by atoms with van der Waals surface area (Å²) in [5, 5.41) is 2.90. The molecular weight excluding hydrogens is 264 g/mol. The van der Waals surface area contributed by atoms with Crippen molar-refractivity contribution in [1.82, 2.24) is 5.32 Å². The minimum absolute atomic E-state index is 0.132. The van der Waals surface area contributed by atoms with E-state index in [4.69, 9.17) is 7.41 Å². The number of esters is 1. The van der Waals surface area contributed by atoms with Crippen LogP contribution in [0.3, 0.4) is 0 Å². The number of unbranched alkanes of at least 4 members (excludes halogenated alkanes) is 5. The second kappa shape index (κ2) is 14.0. The van der Waals surface area contributed by atoms with E-state index in [-0.39, 0.29) is 11.9 Å². The van der Waals surface area contributed by atoms with Crippen molar-refractivity contribution in [3.8, 4) is 0 Å². The highest BCUT2D eigenvalue weighted by atomic mass is 16.5. The molecule has 0 saturated carbocycles. The van der Waals surface area contributed by atoms with Crippen molar-refractivity contribution >= 4 is 26.7 Å². The van der Waals surface area contributed by atoms with Crippen molar-refractivity contribution in [2.24, 2.45) is 0 Å². The average molecular weight is 298 g/mol. The van der Waals surface area contributed by atoms with Crippen LogP contribution < -0.4 is 5.32 Å². The Kier molecular flexibility index (Phi) is 11.0. The Morgan fingerprint density at radius 1 is 1.24 bits per heavy atom. The molecule has 0 aromatic rings. The highest BCUT2D eigenvalue weighted by Gasteiger charge is 2.07. The number of amides is 1. The molecule has 0 heterocycles. The van der Waals surface area contributed by atoms with Gasteiger partial charge >= 0.3 is 5.97 Å². The molecule has 0 aliphatic carbocycles. The lowest BCUT2D eigenvalue weighted by Crippen LogP contribution is -2.23. The van der Waals surface area contributed by atoms with Crippen LogP contribution in [0.4, 0.5) is 0 Å². The van der Waals surface area contributed by atoms with E-state index in [0.29, 0.717) is 12.8 Å². The SMILES string of the molecule is [3H][B]B([3H])C(C)OC(=O)CCCCCCCC(=O)NCCCC. The van der Waals surface area contributed by atoms with Crippen molar-refractivity contribution < 1.29 is 14.3 Å². The fourth-order valence-corrected chi connectivity index (χ4v) is 1.88. The Balaban J connectivity index is 3.45. The largest absolute Gasteiger partial charge is 0.473 e. The van der Waals surface area contributed by atoms with Gasteiger partial charge in [0, 0.05) is 19.4 Å². The zero-order chi connectivity index (χ0) is 17.5. The number of nitrogens with one attached hydrogen (secondary N) is 1. The number of rotatable bonds is 14. The van der Waals surface area contributed by atoms with Crippen LogP contribution in [0.15, 0.2) is 0 Å². The average Bonchev–Trinajstić information content (AvgIpc) is 2.53. The van der Waals surface area contributed by atoms with Gasteiger partial charge in [-0.1, -0.05) is 32.6 Å². The second-order valence-electron chi connectivity index (χ2n) is 5.36. The van der Waals surface area contributed by atoms with E-state index in [0.717, 1.165) is 59.2 Å². The molecule has 0 aromatic carbocycles. The van der Waals surface area contributed by atoms with Crippen molar-refractivity contribution in [3.63, 3.8) is 0 Å². The van der Waals surface area contributed by atoms with Gasteiger partial charge in [0.2, 0.25) is 5.91 Å². The summed E-state index contributed by atoms with van der Waals surface area (Å²) in [7, 11) is 0.179. The van der Waals surface area contributed by atoms with Gasteiger partial charge in [-0.3, -0.25) is 9.59 Å². The lowest BCUT2D eigenvalue weighted by atomic mass is 9.52. The molecule has 0 aromatic heterocycles. The lowest BCUT2D eigenvalue weighted by Gasteiger charge is -2.10. The molecule has 1 amide bonds. The van der Waals surface area contributed by atoms with Crippen molar-refractivity contribution in [2.45, 2.75) is 77.6 Å². The Morgan fingerprint density at radius 3 is 2.57 bits per heavy atom. The predicted octanol–water partition coefficient (Wildman–Crippen LogP) is 1.77. The van der Waals surface area contributed by atoms with E-state index in [1.165, 1.54) is 0 Å². The molecular formula is C15H30B2NO3. The number of ether oxygens (including phenoxy) is 1. The van der Waals surface area contributed by atoms with Crippen molar-refractivity contribution in [1.29, 1.82) is 2.67 Å². The third kappa shape index (κ3) is 13.8. The first-order chi connectivity index (χ1) is 11.0. The zero-order valence-corrected chi connectivity index (χ0v) is 13.5. The van der Waals surface area contributed by atoms with Gasteiger partial charge < -0.3 is 10.1 Å². The van der Waals surface area contributed by atoms with Crippen LogP contribution in [-0.2, 0) is 14.3 Å². The van der Waals surface area contributed by atoms with Gasteiger partial charge in [-0.15, -0.1) is 0 Å². The Labute approximate surface area is 134 Å². The molecule has 21 heavy (non-hydrogen) atoms. The van der Waals surface area contributed by atoms with E-state index in [1.54, 1.807) is 6.92 Å². The van der Waals surface area contributed by atoms with Crippen LogP contribution in [0.25, 0.3) is 0 Å². The molecule has 0 bridgehead atoms. The summed E-state index contributed by atoms with van der Waals surface area (Å²) < 4.78 is 19.5. The van der Waals surface area contributed by atoms with Gasteiger partial charge in [-0.2, -0.15) is 0 Å². The van der Waals surface area contributed by atoms with Gasteiger partial charge in [0.25, 0.3) is 0 Å². The number of hydrogen-bond acceptors (Lipinski definition) is 3. The quantitative estimate of drug-likeness (QED) is 0.302. The summed E-state index contributed by atoms with van der Waals surface area (Å²) in [6.07, 6.45) is 7.65.